The second-order valence-electron chi connectivity index (χ2n) is 4.34. The number of piperidine rings is 1. The van der Waals surface area contributed by atoms with Crippen LogP contribution in [-0.2, 0) is 0 Å². The summed E-state index contributed by atoms with van der Waals surface area (Å²) >= 11 is 0. The molecule has 0 saturated carbocycles. The third-order valence-corrected chi connectivity index (χ3v) is 3.45. The molecule has 0 aliphatic carbocycles. The highest BCUT2D eigenvalue weighted by molar-refractivity contribution is 5.01. The third kappa shape index (κ3) is 1.75. The number of hydrogen-bond donors (Lipinski definition) is 1. The molecule has 1 unspecified atom stereocenters. The van der Waals surface area contributed by atoms with Gasteiger partial charge in [0.05, 0.1) is 6.04 Å². The van der Waals surface area contributed by atoms with Gasteiger partial charge in [0.1, 0.15) is 5.82 Å². The fourth-order valence-electron chi connectivity index (χ4n) is 2.56. The summed E-state index contributed by atoms with van der Waals surface area (Å²) in [6.45, 7) is 3.36. The van der Waals surface area contributed by atoms with Crippen molar-refractivity contribution in [3.05, 3.63) is 24.3 Å². The van der Waals surface area contributed by atoms with Crippen molar-refractivity contribution >= 4 is 0 Å². The summed E-state index contributed by atoms with van der Waals surface area (Å²) < 4.78 is 0. The van der Waals surface area contributed by atoms with Crippen molar-refractivity contribution in [3.8, 4) is 0 Å². The highest BCUT2D eigenvalue weighted by atomic mass is 15.2. The third-order valence-electron chi connectivity index (χ3n) is 3.45. The fraction of sp³-hybridized carbons (Fsp3) is 0.636. The van der Waals surface area contributed by atoms with Crippen LogP contribution in [0.5, 0.6) is 0 Å². The van der Waals surface area contributed by atoms with Crippen LogP contribution in [0.3, 0.4) is 0 Å². The topological polar surface area (TPSA) is 41.1 Å². The van der Waals surface area contributed by atoms with Crippen molar-refractivity contribution in [3.63, 3.8) is 0 Å². The van der Waals surface area contributed by atoms with Crippen molar-refractivity contribution in [2.45, 2.75) is 24.9 Å². The maximum Gasteiger partial charge on any atom is 0.146 e. The van der Waals surface area contributed by atoms with E-state index in [1.54, 1.807) is 0 Å². The van der Waals surface area contributed by atoms with Crippen molar-refractivity contribution in [1.82, 2.24) is 20.2 Å². The molecule has 15 heavy (non-hydrogen) atoms. The molecule has 3 fully saturated rings. The van der Waals surface area contributed by atoms with Crippen LogP contribution in [0.2, 0.25) is 0 Å². The Hall–Kier alpha value is -1.00. The van der Waals surface area contributed by atoms with E-state index < -0.39 is 0 Å². The minimum atomic E-state index is 0.374. The maximum atomic E-state index is 4.37. The van der Waals surface area contributed by atoms with Gasteiger partial charge in [-0.15, -0.1) is 0 Å². The molecule has 1 atom stereocenters. The Morgan fingerprint density at radius 2 is 1.93 bits per heavy atom. The van der Waals surface area contributed by atoms with Crippen LogP contribution in [-0.4, -0.2) is 40.5 Å². The normalized spacial score (nSPS) is 35.1. The first-order valence-electron chi connectivity index (χ1n) is 5.68. The Kier molecular flexibility index (Phi) is 2.38. The van der Waals surface area contributed by atoms with Gasteiger partial charge >= 0.3 is 0 Å². The van der Waals surface area contributed by atoms with E-state index in [9.17, 15) is 0 Å². The van der Waals surface area contributed by atoms with Gasteiger partial charge < -0.3 is 5.32 Å². The van der Waals surface area contributed by atoms with Crippen molar-refractivity contribution in [1.29, 1.82) is 0 Å². The molecule has 3 aliphatic rings. The standard InChI is InChI=1S/C11H16N4/c1-4-12-11(13-5-1)10-8-14-9-2-6-15(10)7-3-9/h1,4-5,9-10,14H,2-3,6-8H2. The second kappa shape index (κ2) is 3.87. The number of nitrogens with zero attached hydrogens (tertiary/aromatic N) is 3. The van der Waals surface area contributed by atoms with E-state index in [4.69, 9.17) is 0 Å². The number of fused-ring (bicyclic) bond motifs is 4. The second-order valence-corrected chi connectivity index (χ2v) is 4.34. The average molecular weight is 204 g/mol. The molecule has 1 N–H and O–H groups in total. The summed E-state index contributed by atoms with van der Waals surface area (Å²) in [6.07, 6.45) is 6.20. The quantitative estimate of drug-likeness (QED) is 0.726. The van der Waals surface area contributed by atoms with E-state index in [0.717, 1.165) is 18.4 Å². The molecule has 4 nitrogen and oxygen atoms in total. The molecule has 3 saturated heterocycles. The summed E-state index contributed by atoms with van der Waals surface area (Å²) in [7, 11) is 0. The minimum absolute atomic E-state index is 0.374. The van der Waals surface area contributed by atoms with Gasteiger partial charge in [0.25, 0.3) is 0 Å². The van der Waals surface area contributed by atoms with Crippen LogP contribution in [0, 0.1) is 0 Å². The van der Waals surface area contributed by atoms with Crippen LogP contribution < -0.4 is 5.32 Å². The number of hydrogen-bond acceptors (Lipinski definition) is 4. The summed E-state index contributed by atoms with van der Waals surface area (Å²) in [6, 6.07) is 2.97. The van der Waals surface area contributed by atoms with Gasteiger partial charge in [-0.2, -0.15) is 0 Å². The Morgan fingerprint density at radius 1 is 1.20 bits per heavy atom. The Labute approximate surface area is 89.7 Å². The Morgan fingerprint density at radius 3 is 2.67 bits per heavy atom. The van der Waals surface area contributed by atoms with E-state index in [0.29, 0.717) is 6.04 Å². The zero-order valence-electron chi connectivity index (χ0n) is 8.76. The zero-order valence-corrected chi connectivity index (χ0v) is 8.76. The van der Waals surface area contributed by atoms with Crippen LogP contribution in [0.1, 0.15) is 24.7 Å². The molecule has 1 aromatic heterocycles. The Balaban J connectivity index is 1.86. The molecule has 1 aromatic rings. The molecule has 2 bridgehead atoms. The van der Waals surface area contributed by atoms with E-state index in [1.165, 1.54) is 25.9 Å². The van der Waals surface area contributed by atoms with Crippen LogP contribution in [0.25, 0.3) is 0 Å². The SMILES string of the molecule is c1cnc(C2CNC3CCN2CC3)nc1. The highest BCUT2D eigenvalue weighted by Gasteiger charge is 2.31. The van der Waals surface area contributed by atoms with Crippen LogP contribution in [0.4, 0.5) is 0 Å². The van der Waals surface area contributed by atoms with E-state index >= 15 is 0 Å². The van der Waals surface area contributed by atoms with E-state index in [2.05, 4.69) is 20.2 Å². The molecule has 0 amide bonds. The van der Waals surface area contributed by atoms with E-state index in [1.807, 2.05) is 18.5 Å². The van der Waals surface area contributed by atoms with Crippen molar-refractivity contribution in [2.75, 3.05) is 19.6 Å². The summed E-state index contributed by atoms with van der Waals surface area (Å²) in [5.74, 6) is 0.965. The van der Waals surface area contributed by atoms with Crippen LogP contribution in [0.15, 0.2) is 18.5 Å². The molecule has 0 aromatic carbocycles. The first-order chi connectivity index (χ1) is 7.43. The molecular formula is C11H16N4. The van der Waals surface area contributed by atoms with Gasteiger partial charge in [0, 0.05) is 38.1 Å². The lowest BCUT2D eigenvalue weighted by Gasteiger charge is -2.30. The van der Waals surface area contributed by atoms with Gasteiger partial charge in [0.2, 0.25) is 0 Å². The monoisotopic (exact) mass is 204 g/mol. The molecule has 3 aliphatic heterocycles. The van der Waals surface area contributed by atoms with Gasteiger partial charge in [-0.25, -0.2) is 9.97 Å². The van der Waals surface area contributed by atoms with E-state index in [-0.39, 0.29) is 0 Å². The predicted molar refractivity (Wildman–Crippen MR) is 57.4 cm³/mol. The highest BCUT2D eigenvalue weighted by Crippen LogP contribution is 2.25. The molecule has 0 radical (unpaired) electrons. The van der Waals surface area contributed by atoms with Gasteiger partial charge in [0.15, 0.2) is 0 Å². The number of nitrogens with one attached hydrogen (secondary N) is 1. The first kappa shape index (κ1) is 9.24. The molecule has 4 rings (SSSR count). The molecule has 80 valence electrons. The lowest BCUT2D eigenvalue weighted by molar-refractivity contribution is 0.182. The summed E-state index contributed by atoms with van der Waals surface area (Å²) in [5.41, 5.74) is 0. The first-order valence-corrected chi connectivity index (χ1v) is 5.68. The molecule has 4 heteroatoms. The Bertz CT molecular complexity index is 319. The lowest BCUT2D eigenvalue weighted by Crippen LogP contribution is -2.36. The minimum Gasteiger partial charge on any atom is -0.312 e. The summed E-state index contributed by atoms with van der Waals surface area (Å²) in [5, 5.41) is 3.60. The molecule has 4 heterocycles. The van der Waals surface area contributed by atoms with Gasteiger partial charge in [-0.3, -0.25) is 4.90 Å². The smallest absolute Gasteiger partial charge is 0.146 e. The fourth-order valence-corrected chi connectivity index (χ4v) is 2.56. The van der Waals surface area contributed by atoms with Crippen LogP contribution >= 0.6 is 0 Å². The maximum absolute atomic E-state index is 4.37. The zero-order chi connectivity index (χ0) is 10.1. The number of aromatic nitrogens is 2. The predicted octanol–water partition coefficient (Wildman–Crippen LogP) is 0.585. The van der Waals surface area contributed by atoms with Gasteiger partial charge in [-0.05, 0) is 18.9 Å². The largest absolute Gasteiger partial charge is 0.312 e. The van der Waals surface area contributed by atoms with Crippen molar-refractivity contribution < 1.29 is 0 Å². The lowest BCUT2D eigenvalue weighted by atomic mass is 10.1. The van der Waals surface area contributed by atoms with Crippen molar-refractivity contribution in [2.24, 2.45) is 0 Å². The molecule has 0 spiro atoms. The average Bonchev–Trinajstić information content (AvgIpc) is 2.63. The number of rotatable bonds is 1. The summed E-state index contributed by atoms with van der Waals surface area (Å²) in [4.78, 5) is 11.2. The molecular weight excluding hydrogens is 188 g/mol. The van der Waals surface area contributed by atoms with Gasteiger partial charge in [-0.1, -0.05) is 0 Å².